The fourth-order valence-electron chi connectivity index (χ4n) is 2.00. The molecular weight excluding hydrogens is 351 g/mol. The summed E-state index contributed by atoms with van der Waals surface area (Å²) in [6.45, 7) is 2.02. The van der Waals surface area contributed by atoms with Crippen LogP contribution in [0.4, 0.5) is 15.2 Å². The lowest BCUT2D eigenvalue weighted by Gasteiger charge is -2.03. The summed E-state index contributed by atoms with van der Waals surface area (Å²) < 4.78 is 14.7. The zero-order valence-electron chi connectivity index (χ0n) is 11.2. The standard InChI is InChI=1S/C16H12BrFN2S/c1-10-15(11-6-8-12(17)9-7-11)20-16(21-10)19-14-5-3-2-4-13(14)18/h2-9H,1H3,(H,19,20). The van der Waals surface area contributed by atoms with Crippen LogP contribution in [0.25, 0.3) is 11.3 Å². The lowest BCUT2D eigenvalue weighted by atomic mass is 10.1. The van der Waals surface area contributed by atoms with Crippen molar-refractivity contribution in [3.05, 3.63) is 63.7 Å². The quantitative estimate of drug-likeness (QED) is 0.640. The van der Waals surface area contributed by atoms with E-state index in [4.69, 9.17) is 0 Å². The average Bonchev–Trinajstić information content (AvgIpc) is 2.83. The molecule has 1 aromatic heterocycles. The Hall–Kier alpha value is -1.72. The van der Waals surface area contributed by atoms with Crippen molar-refractivity contribution in [1.29, 1.82) is 0 Å². The molecule has 0 amide bonds. The molecule has 0 aliphatic heterocycles. The molecule has 0 aliphatic carbocycles. The molecule has 106 valence electrons. The van der Waals surface area contributed by atoms with Crippen LogP contribution >= 0.6 is 27.3 Å². The Balaban J connectivity index is 1.91. The minimum Gasteiger partial charge on any atom is -0.329 e. The highest BCUT2D eigenvalue weighted by atomic mass is 79.9. The maximum atomic E-state index is 13.7. The summed E-state index contributed by atoms with van der Waals surface area (Å²) in [5, 5.41) is 3.73. The van der Waals surface area contributed by atoms with Gasteiger partial charge < -0.3 is 5.32 Å². The first-order valence-corrected chi connectivity index (χ1v) is 7.99. The van der Waals surface area contributed by atoms with Gasteiger partial charge >= 0.3 is 0 Å². The number of benzene rings is 2. The highest BCUT2D eigenvalue weighted by molar-refractivity contribution is 9.10. The van der Waals surface area contributed by atoms with Crippen molar-refractivity contribution in [2.75, 3.05) is 5.32 Å². The number of anilines is 2. The molecule has 21 heavy (non-hydrogen) atoms. The Morgan fingerprint density at radius 3 is 2.52 bits per heavy atom. The largest absolute Gasteiger partial charge is 0.329 e. The van der Waals surface area contributed by atoms with Crippen molar-refractivity contribution in [3.8, 4) is 11.3 Å². The third-order valence-electron chi connectivity index (χ3n) is 3.03. The second-order valence-corrected chi connectivity index (χ2v) is 6.65. The maximum absolute atomic E-state index is 13.7. The van der Waals surface area contributed by atoms with E-state index in [1.54, 1.807) is 18.2 Å². The number of hydrogen-bond donors (Lipinski definition) is 1. The van der Waals surface area contributed by atoms with Crippen LogP contribution in [0, 0.1) is 12.7 Å². The van der Waals surface area contributed by atoms with Gasteiger partial charge in [-0.15, -0.1) is 11.3 Å². The van der Waals surface area contributed by atoms with Gasteiger partial charge in [-0.3, -0.25) is 0 Å². The zero-order valence-corrected chi connectivity index (χ0v) is 13.6. The molecule has 2 nitrogen and oxygen atoms in total. The Labute approximate surface area is 134 Å². The molecular formula is C16H12BrFN2S. The van der Waals surface area contributed by atoms with Gasteiger partial charge in [-0.25, -0.2) is 9.37 Å². The van der Waals surface area contributed by atoms with E-state index >= 15 is 0 Å². The number of para-hydroxylation sites is 1. The first-order valence-electron chi connectivity index (χ1n) is 6.38. The van der Waals surface area contributed by atoms with E-state index < -0.39 is 0 Å². The highest BCUT2D eigenvalue weighted by Gasteiger charge is 2.11. The molecule has 0 fully saturated rings. The summed E-state index contributed by atoms with van der Waals surface area (Å²) in [5.74, 6) is -0.282. The van der Waals surface area contributed by atoms with Crippen LogP contribution in [-0.2, 0) is 0 Å². The molecule has 0 unspecified atom stereocenters. The first kappa shape index (κ1) is 14.2. The van der Waals surface area contributed by atoms with Crippen molar-refractivity contribution in [2.24, 2.45) is 0 Å². The van der Waals surface area contributed by atoms with E-state index in [9.17, 15) is 4.39 Å². The van der Waals surface area contributed by atoms with Crippen LogP contribution in [0.1, 0.15) is 4.88 Å². The average molecular weight is 363 g/mol. The monoisotopic (exact) mass is 362 g/mol. The van der Waals surface area contributed by atoms with Gasteiger partial charge in [0.15, 0.2) is 5.13 Å². The van der Waals surface area contributed by atoms with Crippen LogP contribution < -0.4 is 5.32 Å². The predicted molar refractivity (Wildman–Crippen MR) is 89.7 cm³/mol. The molecule has 0 spiro atoms. The van der Waals surface area contributed by atoms with Crippen LogP contribution in [0.3, 0.4) is 0 Å². The Morgan fingerprint density at radius 2 is 1.81 bits per heavy atom. The van der Waals surface area contributed by atoms with Crippen molar-refractivity contribution in [3.63, 3.8) is 0 Å². The normalized spacial score (nSPS) is 10.6. The van der Waals surface area contributed by atoms with Gasteiger partial charge in [0.1, 0.15) is 5.82 Å². The zero-order chi connectivity index (χ0) is 14.8. The SMILES string of the molecule is Cc1sc(Nc2ccccc2F)nc1-c1ccc(Br)cc1. The van der Waals surface area contributed by atoms with E-state index in [1.807, 2.05) is 31.2 Å². The number of aryl methyl sites for hydroxylation is 1. The van der Waals surface area contributed by atoms with E-state index in [0.29, 0.717) is 10.8 Å². The fraction of sp³-hybridized carbons (Fsp3) is 0.0625. The van der Waals surface area contributed by atoms with E-state index in [0.717, 1.165) is 20.6 Å². The van der Waals surface area contributed by atoms with Crippen molar-refractivity contribution >= 4 is 38.1 Å². The summed E-state index contributed by atoms with van der Waals surface area (Å²) >= 11 is 4.94. The molecule has 5 heteroatoms. The Bertz CT molecular complexity index is 768. The molecule has 0 bridgehead atoms. The van der Waals surface area contributed by atoms with Gasteiger partial charge in [-0.2, -0.15) is 0 Å². The third-order valence-corrected chi connectivity index (χ3v) is 4.44. The van der Waals surface area contributed by atoms with E-state index in [1.165, 1.54) is 17.4 Å². The van der Waals surface area contributed by atoms with Gasteiger partial charge in [-0.05, 0) is 31.2 Å². The molecule has 0 radical (unpaired) electrons. The number of hydrogen-bond acceptors (Lipinski definition) is 3. The predicted octanol–water partition coefficient (Wildman–Crippen LogP) is 5.76. The second kappa shape index (κ2) is 5.95. The van der Waals surface area contributed by atoms with Gasteiger partial charge in [0.25, 0.3) is 0 Å². The fourth-order valence-corrected chi connectivity index (χ4v) is 3.12. The molecule has 0 aliphatic rings. The number of halogens is 2. The van der Waals surface area contributed by atoms with Crippen molar-refractivity contribution < 1.29 is 4.39 Å². The minimum absolute atomic E-state index is 0.282. The van der Waals surface area contributed by atoms with Gasteiger partial charge in [-0.1, -0.05) is 40.2 Å². The number of aromatic nitrogens is 1. The van der Waals surface area contributed by atoms with Crippen LogP contribution in [0.15, 0.2) is 53.0 Å². The topological polar surface area (TPSA) is 24.9 Å². The van der Waals surface area contributed by atoms with Crippen LogP contribution in [-0.4, -0.2) is 4.98 Å². The number of thiazole rings is 1. The minimum atomic E-state index is -0.282. The number of nitrogens with zero attached hydrogens (tertiary/aromatic N) is 1. The molecule has 2 aromatic carbocycles. The van der Waals surface area contributed by atoms with Crippen LogP contribution in [0.2, 0.25) is 0 Å². The van der Waals surface area contributed by atoms with Crippen molar-refractivity contribution in [2.45, 2.75) is 6.92 Å². The van der Waals surface area contributed by atoms with Crippen molar-refractivity contribution in [1.82, 2.24) is 4.98 Å². The van der Waals surface area contributed by atoms with Gasteiger partial charge in [0, 0.05) is 14.9 Å². The number of rotatable bonds is 3. The molecule has 1 heterocycles. The van der Waals surface area contributed by atoms with Crippen LogP contribution in [0.5, 0.6) is 0 Å². The summed E-state index contributed by atoms with van der Waals surface area (Å²) in [6, 6.07) is 14.6. The smallest absolute Gasteiger partial charge is 0.188 e. The molecule has 0 atom stereocenters. The first-order chi connectivity index (χ1) is 10.1. The highest BCUT2D eigenvalue weighted by Crippen LogP contribution is 2.32. The Kier molecular flexibility index (Phi) is 4.03. The molecule has 1 N–H and O–H groups in total. The molecule has 3 rings (SSSR count). The third kappa shape index (κ3) is 3.14. The van der Waals surface area contributed by atoms with Gasteiger partial charge in [0.2, 0.25) is 0 Å². The lowest BCUT2D eigenvalue weighted by molar-refractivity contribution is 0.632. The molecule has 0 saturated heterocycles. The van der Waals surface area contributed by atoms with E-state index in [2.05, 4.69) is 26.2 Å². The summed E-state index contributed by atoms with van der Waals surface area (Å²) in [5.41, 5.74) is 2.41. The summed E-state index contributed by atoms with van der Waals surface area (Å²) in [7, 11) is 0. The second-order valence-electron chi connectivity index (χ2n) is 4.54. The summed E-state index contributed by atoms with van der Waals surface area (Å²) in [4.78, 5) is 5.67. The Morgan fingerprint density at radius 1 is 1.10 bits per heavy atom. The summed E-state index contributed by atoms with van der Waals surface area (Å²) in [6.07, 6.45) is 0. The lowest BCUT2D eigenvalue weighted by Crippen LogP contribution is -1.92. The molecule has 3 aromatic rings. The van der Waals surface area contributed by atoms with E-state index in [-0.39, 0.29) is 5.82 Å². The molecule has 0 saturated carbocycles. The number of nitrogens with one attached hydrogen (secondary N) is 1. The maximum Gasteiger partial charge on any atom is 0.188 e. The van der Waals surface area contributed by atoms with Gasteiger partial charge in [0.05, 0.1) is 11.4 Å².